The highest BCUT2D eigenvalue weighted by Gasteiger charge is 2.52. The molecule has 0 heterocycles. The summed E-state index contributed by atoms with van der Waals surface area (Å²) in [6.45, 7) is 2.99. The van der Waals surface area contributed by atoms with Crippen LogP contribution in [0.1, 0.15) is 32.3 Å². The lowest BCUT2D eigenvalue weighted by atomic mass is 9.93. The Hall–Kier alpha value is -1.84. The first-order valence-corrected chi connectivity index (χ1v) is 6.00. The van der Waals surface area contributed by atoms with E-state index in [0.29, 0.717) is 0 Å². The number of aliphatic carboxylic acids is 1. The van der Waals surface area contributed by atoms with E-state index in [4.69, 9.17) is 5.11 Å². The summed E-state index contributed by atoms with van der Waals surface area (Å²) in [4.78, 5) is 23.3. The Bertz CT molecular complexity index is 475. The summed E-state index contributed by atoms with van der Waals surface area (Å²) in [5.74, 6) is -1.22. The molecule has 0 atom stereocenters. The second kappa shape index (κ2) is 4.12. The van der Waals surface area contributed by atoms with Gasteiger partial charge in [0.05, 0.1) is 5.41 Å². The van der Waals surface area contributed by atoms with Gasteiger partial charge in [0, 0.05) is 0 Å². The Balaban J connectivity index is 2.18. The van der Waals surface area contributed by atoms with Gasteiger partial charge < -0.3 is 10.4 Å². The van der Waals surface area contributed by atoms with Crippen LogP contribution in [0.15, 0.2) is 30.3 Å². The highest BCUT2D eigenvalue weighted by Crippen LogP contribution is 2.48. The van der Waals surface area contributed by atoms with Crippen molar-refractivity contribution in [2.75, 3.05) is 0 Å². The van der Waals surface area contributed by atoms with E-state index in [0.717, 1.165) is 18.4 Å². The van der Waals surface area contributed by atoms with Crippen molar-refractivity contribution >= 4 is 11.9 Å². The minimum absolute atomic E-state index is 0.193. The summed E-state index contributed by atoms with van der Waals surface area (Å²) < 4.78 is 0. The number of carboxylic acid groups (broad SMARTS) is 1. The zero-order valence-corrected chi connectivity index (χ0v) is 10.6. The normalized spacial score (nSPS) is 17.0. The average molecular weight is 247 g/mol. The van der Waals surface area contributed by atoms with Gasteiger partial charge in [0.15, 0.2) is 0 Å². The third-order valence-corrected chi connectivity index (χ3v) is 3.47. The standard InChI is InChI=1S/C14H17NO3/c1-13(2,12(17)18)15-11(16)14(8-9-14)10-6-4-3-5-7-10/h3-7H,8-9H2,1-2H3,(H,15,16)(H,17,18). The van der Waals surface area contributed by atoms with Gasteiger partial charge in [-0.2, -0.15) is 0 Å². The second-order valence-corrected chi connectivity index (χ2v) is 5.33. The molecule has 0 bridgehead atoms. The Morgan fingerprint density at radius 2 is 1.78 bits per heavy atom. The van der Waals surface area contributed by atoms with E-state index in [1.54, 1.807) is 0 Å². The molecule has 1 aliphatic carbocycles. The average Bonchev–Trinajstić information content (AvgIpc) is 3.10. The molecule has 1 aromatic rings. The lowest BCUT2D eigenvalue weighted by molar-refractivity contribution is -0.146. The number of carbonyl (C=O) groups is 2. The molecule has 1 saturated carbocycles. The highest BCUT2D eigenvalue weighted by molar-refractivity contribution is 5.95. The number of hydrogen-bond acceptors (Lipinski definition) is 2. The maximum atomic E-state index is 12.3. The molecule has 1 aliphatic rings. The number of carboxylic acids is 1. The van der Waals surface area contributed by atoms with Gasteiger partial charge in [-0.1, -0.05) is 30.3 Å². The van der Waals surface area contributed by atoms with Crippen molar-refractivity contribution in [3.8, 4) is 0 Å². The van der Waals surface area contributed by atoms with Crippen molar-refractivity contribution in [3.05, 3.63) is 35.9 Å². The number of carbonyl (C=O) groups excluding carboxylic acids is 1. The summed E-state index contributed by atoms with van der Waals surface area (Å²) in [6, 6.07) is 9.52. The fraction of sp³-hybridized carbons (Fsp3) is 0.429. The van der Waals surface area contributed by atoms with Crippen LogP contribution in [0.4, 0.5) is 0 Å². The minimum Gasteiger partial charge on any atom is -0.480 e. The van der Waals surface area contributed by atoms with Gasteiger partial charge in [-0.15, -0.1) is 0 Å². The zero-order chi connectivity index (χ0) is 13.4. The molecule has 0 aliphatic heterocycles. The van der Waals surface area contributed by atoms with Gasteiger partial charge in [0.2, 0.25) is 5.91 Å². The molecule has 0 saturated heterocycles. The number of amides is 1. The first-order valence-electron chi connectivity index (χ1n) is 6.00. The van der Waals surface area contributed by atoms with Gasteiger partial charge in [0.1, 0.15) is 5.54 Å². The van der Waals surface area contributed by atoms with Crippen molar-refractivity contribution in [2.45, 2.75) is 37.6 Å². The predicted molar refractivity (Wildman–Crippen MR) is 67.2 cm³/mol. The first kappa shape index (κ1) is 12.6. The van der Waals surface area contributed by atoms with Crippen molar-refractivity contribution in [3.63, 3.8) is 0 Å². The molecule has 0 radical (unpaired) electrons. The van der Waals surface area contributed by atoms with E-state index >= 15 is 0 Å². The van der Waals surface area contributed by atoms with Crippen LogP contribution in [0.5, 0.6) is 0 Å². The van der Waals surface area contributed by atoms with E-state index < -0.39 is 16.9 Å². The maximum absolute atomic E-state index is 12.3. The highest BCUT2D eigenvalue weighted by atomic mass is 16.4. The number of nitrogens with one attached hydrogen (secondary N) is 1. The first-order chi connectivity index (χ1) is 8.38. The zero-order valence-electron chi connectivity index (χ0n) is 10.6. The third-order valence-electron chi connectivity index (χ3n) is 3.47. The Kier molecular flexibility index (Phi) is 2.89. The van der Waals surface area contributed by atoms with Gasteiger partial charge in [-0.05, 0) is 32.3 Å². The van der Waals surface area contributed by atoms with E-state index in [1.807, 2.05) is 30.3 Å². The molecular formula is C14H17NO3. The molecule has 1 fully saturated rings. The number of rotatable bonds is 4. The fourth-order valence-corrected chi connectivity index (χ4v) is 1.99. The van der Waals surface area contributed by atoms with Gasteiger partial charge in [0.25, 0.3) is 0 Å². The Morgan fingerprint density at radius 1 is 1.22 bits per heavy atom. The molecule has 96 valence electrons. The predicted octanol–water partition coefficient (Wildman–Crippen LogP) is 1.70. The molecule has 18 heavy (non-hydrogen) atoms. The van der Waals surface area contributed by atoms with Crippen LogP contribution in [-0.4, -0.2) is 22.5 Å². The summed E-state index contributed by atoms with van der Waals surface area (Å²) in [5, 5.41) is 11.7. The van der Waals surface area contributed by atoms with Crippen molar-refractivity contribution in [1.82, 2.24) is 5.32 Å². The van der Waals surface area contributed by atoms with Gasteiger partial charge in [-0.3, -0.25) is 4.79 Å². The van der Waals surface area contributed by atoms with Gasteiger partial charge >= 0.3 is 5.97 Å². The largest absolute Gasteiger partial charge is 0.480 e. The van der Waals surface area contributed by atoms with Crippen molar-refractivity contribution < 1.29 is 14.7 Å². The number of hydrogen-bond donors (Lipinski definition) is 2. The molecule has 1 amide bonds. The lowest BCUT2D eigenvalue weighted by Gasteiger charge is -2.25. The topological polar surface area (TPSA) is 66.4 Å². The fourth-order valence-electron chi connectivity index (χ4n) is 1.99. The second-order valence-electron chi connectivity index (χ2n) is 5.33. The molecule has 0 spiro atoms. The van der Waals surface area contributed by atoms with Crippen molar-refractivity contribution in [2.24, 2.45) is 0 Å². The van der Waals surface area contributed by atoms with Crippen LogP contribution in [0, 0.1) is 0 Å². The van der Waals surface area contributed by atoms with Crippen LogP contribution >= 0.6 is 0 Å². The quantitative estimate of drug-likeness (QED) is 0.851. The molecule has 2 N–H and O–H groups in total. The lowest BCUT2D eigenvalue weighted by Crippen LogP contribution is -2.52. The Labute approximate surface area is 106 Å². The number of benzene rings is 1. The summed E-state index contributed by atoms with van der Waals surface area (Å²) in [6.07, 6.45) is 1.55. The SMILES string of the molecule is CC(C)(NC(=O)C1(c2ccccc2)CC1)C(=O)O. The summed E-state index contributed by atoms with van der Waals surface area (Å²) in [5.41, 5.74) is -0.793. The van der Waals surface area contributed by atoms with Gasteiger partial charge in [-0.25, -0.2) is 4.79 Å². The molecule has 2 rings (SSSR count). The van der Waals surface area contributed by atoms with Crippen LogP contribution in [-0.2, 0) is 15.0 Å². The molecule has 0 aromatic heterocycles. The summed E-state index contributed by atoms with van der Waals surface area (Å²) in [7, 11) is 0. The molecular weight excluding hydrogens is 230 g/mol. The maximum Gasteiger partial charge on any atom is 0.328 e. The molecule has 1 aromatic carbocycles. The van der Waals surface area contributed by atoms with Crippen LogP contribution in [0.25, 0.3) is 0 Å². The van der Waals surface area contributed by atoms with Crippen LogP contribution < -0.4 is 5.32 Å². The summed E-state index contributed by atoms with van der Waals surface area (Å²) >= 11 is 0. The minimum atomic E-state index is -1.23. The van der Waals surface area contributed by atoms with E-state index in [9.17, 15) is 9.59 Å². The van der Waals surface area contributed by atoms with E-state index in [2.05, 4.69) is 5.32 Å². The van der Waals surface area contributed by atoms with Crippen molar-refractivity contribution in [1.29, 1.82) is 0 Å². The van der Waals surface area contributed by atoms with E-state index in [-0.39, 0.29) is 5.91 Å². The van der Waals surface area contributed by atoms with Crippen LogP contribution in [0.2, 0.25) is 0 Å². The molecule has 4 nitrogen and oxygen atoms in total. The monoisotopic (exact) mass is 247 g/mol. The molecule has 0 unspecified atom stereocenters. The van der Waals surface area contributed by atoms with Crippen LogP contribution in [0.3, 0.4) is 0 Å². The third kappa shape index (κ3) is 2.10. The smallest absolute Gasteiger partial charge is 0.328 e. The van der Waals surface area contributed by atoms with E-state index in [1.165, 1.54) is 13.8 Å². The Morgan fingerprint density at radius 3 is 2.22 bits per heavy atom. The molecule has 4 heteroatoms.